The molecule has 6 N–H and O–H groups in total. The van der Waals surface area contributed by atoms with E-state index in [9.17, 15) is 14.6 Å². The number of hydrogen-bond acceptors (Lipinski definition) is 14. The second kappa shape index (κ2) is 13.5. The summed E-state index contributed by atoms with van der Waals surface area (Å²) in [6.07, 6.45) is -1.64. The lowest BCUT2D eigenvalue weighted by atomic mass is 10.1. The van der Waals surface area contributed by atoms with Gasteiger partial charge in [-0.15, -0.1) is 0 Å². The van der Waals surface area contributed by atoms with E-state index >= 15 is 0 Å². The van der Waals surface area contributed by atoms with Gasteiger partial charge in [0.2, 0.25) is 0 Å². The SMILES string of the molecule is COCCOP(=O)(O)OC1[C@@H](CO)O[C@@H](n2cnc3c(N)ncnc32)[C@H]1OCOCCOCCN. The van der Waals surface area contributed by atoms with E-state index in [0.29, 0.717) is 30.9 Å². The van der Waals surface area contributed by atoms with Crippen molar-refractivity contribution in [1.82, 2.24) is 19.5 Å². The van der Waals surface area contributed by atoms with E-state index in [0.717, 1.165) is 0 Å². The number of rotatable bonds is 16. The molecule has 2 aromatic heterocycles. The number of anilines is 1. The Labute approximate surface area is 201 Å². The molecule has 1 saturated heterocycles. The van der Waals surface area contributed by atoms with Crippen molar-refractivity contribution in [2.75, 3.05) is 65.8 Å². The van der Waals surface area contributed by atoms with Crippen LogP contribution >= 0.6 is 7.82 Å². The molecule has 0 amide bonds. The van der Waals surface area contributed by atoms with Crippen molar-refractivity contribution in [3.8, 4) is 0 Å². The molecule has 0 aliphatic carbocycles. The molecule has 0 spiro atoms. The number of hydrogen-bond donors (Lipinski definition) is 4. The monoisotopic (exact) mass is 522 g/mol. The molecule has 17 heteroatoms. The Hall–Kier alpha value is -1.82. The largest absolute Gasteiger partial charge is 0.472 e. The lowest BCUT2D eigenvalue weighted by Crippen LogP contribution is -2.38. The van der Waals surface area contributed by atoms with Gasteiger partial charge in [0, 0.05) is 13.7 Å². The zero-order chi connectivity index (χ0) is 25.3. The molecule has 0 aromatic carbocycles. The number of methoxy groups -OCH3 is 1. The first-order valence-electron chi connectivity index (χ1n) is 10.7. The van der Waals surface area contributed by atoms with Crippen LogP contribution in [0.3, 0.4) is 0 Å². The van der Waals surface area contributed by atoms with Crippen LogP contribution in [0.2, 0.25) is 0 Å². The summed E-state index contributed by atoms with van der Waals surface area (Å²) in [5.74, 6) is 0.155. The van der Waals surface area contributed by atoms with Crippen LogP contribution < -0.4 is 11.5 Å². The first-order chi connectivity index (χ1) is 16.9. The highest BCUT2D eigenvalue weighted by Gasteiger charge is 2.50. The van der Waals surface area contributed by atoms with Gasteiger partial charge in [-0.2, -0.15) is 0 Å². The van der Waals surface area contributed by atoms with Crippen molar-refractivity contribution >= 4 is 24.8 Å². The summed E-state index contributed by atoms with van der Waals surface area (Å²) in [4.78, 5) is 22.5. The van der Waals surface area contributed by atoms with Crippen LogP contribution in [0.4, 0.5) is 5.82 Å². The molecular weight excluding hydrogens is 491 g/mol. The molecule has 1 fully saturated rings. The Bertz CT molecular complexity index is 967. The summed E-state index contributed by atoms with van der Waals surface area (Å²) in [6.45, 7) is 0.392. The van der Waals surface area contributed by atoms with Crippen molar-refractivity contribution < 1.29 is 47.3 Å². The van der Waals surface area contributed by atoms with E-state index in [2.05, 4.69) is 15.0 Å². The fourth-order valence-corrected chi connectivity index (χ4v) is 4.28. The molecule has 3 heterocycles. The minimum Gasteiger partial charge on any atom is -0.394 e. The van der Waals surface area contributed by atoms with Gasteiger partial charge in [-0.3, -0.25) is 13.6 Å². The lowest BCUT2D eigenvalue weighted by Gasteiger charge is -2.26. The number of phosphoric ester groups is 1. The second-order valence-electron chi connectivity index (χ2n) is 7.25. The summed E-state index contributed by atoms with van der Waals surface area (Å²) in [7, 11) is -3.15. The number of aliphatic hydroxyl groups is 1. The van der Waals surface area contributed by atoms with Gasteiger partial charge in [0.25, 0.3) is 0 Å². The molecule has 1 aliphatic rings. The third-order valence-corrected chi connectivity index (χ3v) is 5.92. The Morgan fingerprint density at radius 3 is 2.69 bits per heavy atom. The first kappa shape index (κ1) is 27.8. The molecular formula is C18H31N6O10P. The smallest absolute Gasteiger partial charge is 0.394 e. The predicted octanol–water partition coefficient (Wildman–Crippen LogP) is -1.22. The minimum absolute atomic E-state index is 0.0727. The van der Waals surface area contributed by atoms with Gasteiger partial charge in [-0.1, -0.05) is 0 Å². The average molecular weight is 522 g/mol. The van der Waals surface area contributed by atoms with E-state index in [-0.39, 0.29) is 32.4 Å². The summed E-state index contributed by atoms with van der Waals surface area (Å²) >= 11 is 0. The lowest BCUT2D eigenvalue weighted by molar-refractivity contribution is -0.142. The highest BCUT2D eigenvalue weighted by Crippen LogP contribution is 2.49. The number of fused-ring (bicyclic) bond motifs is 1. The first-order valence-corrected chi connectivity index (χ1v) is 12.2. The average Bonchev–Trinajstić information content (AvgIpc) is 3.40. The Balaban J connectivity index is 1.79. The summed E-state index contributed by atoms with van der Waals surface area (Å²) in [5, 5.41) is 9.91. The summed E-state index contributed by atoms with van der Waals surface area (Å²) in [5.41, 5.74) is 11.9. The maximum absolute atomic E-state index is 12.5. The van der Waals surface area contributed by atoms with Crippen molar-refractivity contribution in [1.29, 1.82) is 0 Å². The van der Waals surface area contributed by atoms with Gasteiger partial charge in [-0.25, -0.2) is 19.5 Å². The fraction of sp³-hybridized carbons (Fsp3) is 0.722. The van der Waals surface area contributed by atoms with Crippen molar-refractivity contribution in [3.63, 3.8) is 0 Å². The number of phosphoric acid groups is 1. The van der Waals surface area contributed by atoms with Crippen LogP contribution in [0.15, 0.2) is 12.7 Å². The minimum atomic E-state index is -4.57. The highest BCUT2D eigenvalue weighted by molar-refractivity contribution is 7.47. The van der Waals surface area contributed by atoms with Crippen molar-refractivity contribution in [2.24, 2.45) is 5.73 Å². The van der Waals surface area contributed by atoms with Crippen molar-refractivity contribution in [2.45, 2.75) is 24.5 Å². The van der Waals surface area contributed by atoms with E-state index in [1.807, 2.05) is 0 Å². The maximum Gasteiger partial charge on any atom is 0.472 e. The number of nitrogen functional groups attached to an aromatic ring is 1. The molecule has 35 heavy (non-hydrogen) atoms. The number of nitrogens with two attached hydrogens (primary N) is 2. The van der Waals surface area contributed by atoms with Crippen LogP contribution in [0, 0.1) is 0 Å². The van der Waals surface area contributed by atoms with Gasteiger partial charge < -0.3 is 45.2 Å². The van der Waals surface area contributed by atoms with E-state index in [1.54, 1.807) is 0 Å². The van der Waals surface area contributed by atoms with Gasteiger partial charge in [0.1, 0.15) is 36.9 Å². The summed E-state index contributed by atoms with van der Waals surface area (Å²) in [6, 6.07) is 0. The van der Waals surface area contributed by atoms with Crippen LogP contribution in [0.25, 0.3) is 11.2 Å². The quantitative estimate of drug-likeness (QED) is 0.115. The third-order valence-electron chi connectivity index (χ3n) is 4.90. The highest BCUT2D eigenvalue weighted by atomic mass is 31.2. The number of ether oxygens (including phenoxy) is 5. The van der Waals surface area contributed by atoms with Crippen molar-refractivity contribution in [3.05, 3.63) is 12.7 Å². The predicted molar refractivity (Wildman–Crippen MR) is 119 cm³/mol. The Kier molecular flexibility index (Phi) is 10.7. The molecule has 5 atom stereocenters. The molecule has 2 unspecified atom stereocenters. The van der Waals surface area contributed by atoms with Gasteiger partial charge in [0.15, 0.2) is 17.7 Å². The number of aliphatic hydroxyl groups excluding tert-OH is 1. The summed E-state index contributed by atoms with van der Waals surface area (Å²) < 4.78 is 51.6. The van der Waals surface area contributed by atoms with E-state index in [4.69, 9.17) is 44.2 Å². The molecule has 16 nitrogen and oxygen atoms in total. The van der Waals surface area contributed by atoms with Gasteiger partial charge >= 0.3 is 7.82 Å². The molecule has 0 saturated carbocycles. The third kappa shape index (κ3) is 7.34. The zero-order valence-corrected chi connectivity index (χ0v) is 20.1. The number of nitrogens with zero attached hydrogens (tertiary/aromatic N) is 4. The van der Waals surface area contributed by atoms with Crippen LogP contribution in [-0.4, -0.2) is 108 Å². The van der Waals surface area contributed by atoms with E-state index in [1.165, 1.54) is 24.3 Å². The Morgan fingerprint density at radius 1 is 1.14 bits per heavy atom. The Morgan fingerprint density at radius 2 is 1.94 bits per heavy atom. The van der Waals surface area contributed by atoms with Crippen LogP contribution in [-0.2, 0) is 37.3 Å². The normalized spacial score (nSPS) is 24.2. The topological polar surface area (TPSA) is 218 Å². The van der Waals surface area contributed by atoms with Gasteiger partial charge in [-0.05, 0) is 0 Å². The standard InChI is InChI=1S/C18H31N6O10P/c1-28-4-7-32-35(26,27)34-14-12(8-25)33-18(15(14)31-11-30-6-5-29-3-2-19)24-10-23-13-16(20)21-9-22-17(13)24/h9-10,12,14-15,18,25H,2-8,11,19H2,1H3,(H,26,27)(H2,20,21,22)/t12-,14?,15+,18-/m1/s1. The van der Waals surface area contributed by atoms with Crippen LogP contribution in [0.1, 0.15) is 6.23 Å². The molecule has 198 valence electrons. The molecule has 0 bridgehead atoms. The fourth-order valence-electron chi connectivity index (χ4n) is 3.35. The zero-order valence-electron chi connectivity index (χ0n) is 19.2. The van der Waals surface area contributed by atoms with Crippen LogP contribution in [0.5, 0.6) is 0 Å². The molecule has 2 aromatic rings. The number of aromatic nitrogens is 4. The molecule has 1 aliphatic heterocycles. The number of imidazole rings is 1. The van der Waals surface area contributed by atoms with Gasteiger partial charge in [0.05, 0.1) is 46.0 Å². The second-order valence-corrected chi connectivity index (χ2v) is 8.66. The molecule has 3 rings (SSSR count). The van der Waals surface area contributed by atoms with E-state index < -0.39 is 39.0 Å². The molecule has 0 radical (unpaired) electrons. The maximum atomic E-state index is 12.5.